The van der Waals surface area contributed by atoms with Crippen LogP contribution in [0.1, 0.15) is 12.0 Å². The normalized spacial score (nSPS) is 15.2. The molecule has 1 aliphatic heterocycles. The number of fused-ring (bicyclic) bond motifs is 1. The number of sulfone groups is 1. The van der Waals surface area contributed by atoms with Crippen LogP contribution < -0.4 is 10.2 Å². The van der Waals surface area contributed by atoms with Crippen molar-refractivity contribution in [3.8, 4) is 0 Å². The number of hydrogen-bond donors (Lipinski definition) is 1. The Morgan fingerprint density at radius 1 is 1.12 bits per heavy atom. The quantitative estimate of drug-likeness (QED) is 0.489. The van der Waals surface area contributed by atoms with E-state index in [1.807, 2.05) is 0 Å². The molecule has 1 amide bonds. The maximum atomic E-state index is 13.0. The summed E-state index contributed by atoms with van der Waals surface area (Å²) < 4.78 is 38.7. The summed E-state index contributed by atoms with van der Waals surface area (Å²) in [7, 11) is -3.61. The Labute approximate surface area is 197 Å². The Bertz CT molecular complexity index is 1220. The predicted molar refractivity (Wildman–Crippen MR) is 129 cm³/mol. The minimum absolute atomic E-state index is 0.0258. The Balaban J connectivity index is 1.18. The van der Waals surface area contributed by atoms with E-state index in [0.29, 0.717) is 13.1 Å². The lowest BCUT2D eigenvalue weighted by atomic mass is 10.2. The van der Waals surface area contributed by atoms with Gasteiger partial charge in [0.2, 0.25) is 5.91 Å². The number of amides is 1. The highest BCUT2D eigenvalue weighted by atomic mass is 32.2. The number of para-hydroxylation sites is 1. The van der Waals surface area contributed by atoms with E-state index < -0.39 is 15.7 Å². The van der Waals surface area contributed by atoms with Crippen LogP contribution >= 0.6 is 11.3 Å². The Morgan fingerprint density at radius 2 is 1.85 bits per heavy atom. The second kappa shape index (κ2) is 10.1. The molecule has 1 fully saturated rings. The molecule has 0 bridgehead atoms. The molecule has 2 heterocycles. The topological polar surface area (TPSA) is 82.6 Å². The van der Waals surface area contributed by atoms with Crippen LogP contribution in [0.4, 0.5) is 9.52 Å². The van der Waals surface area contributed by atoms with E-state index in [1.165, 1.54) is 22.4 Å². The molecule has 2 aromatic carbocycles. The van der Waals surface area contributed by atoms with Gasteiger partial charge in [0.15, 0.2) is 15.0 Å². The summed E-state index contributed by atoms with van der Waals surface area (Å²) in [4.78, 5) is 21.5. The summed E-state index contributed by atoms with van der Waals surface area (Å²) in [5.41, 5.74) is 2.26. The van der Waals surface area contributed by atoms with Crippen molar-refractivity contribution in [2.24, 2.45) is 0 Å². The van der Waals surface area contributed by atoms with Gasteiger partial charge in [0, 0.05) is 45.7 Å². The maximum absolute atomic E-state index is 13.0. The van der Waals surface area contributed by atoms with Crippen molar-refractivity contribution in [3.05, 3.63) is 53.8 Å². The van der Waals surface area contributed by atoms with E-state index in [-0.39, 0.29) is 23.0 Å². The molecule has 4 rings (SSSR count). The van der Waals surface area contributed by atoms with Gasteiger partial charge in [-0.3, -0.25) is 9.69 Å². The molecule has 1 aliphatic rings. The number of benzene rings is 2. The smallest absolute Gasteiger partial charge is 0.221 e. The number of hydrogen-bond acceptors (Lipinski definition) is 7. The van der Waals surface area contributed by atoms with Crippen molar-refractivity contribution in [1.29, 1.82) is 0 Å². The maximum Gasteiger partial charge on any atom is 0.221 e. The summed E-state index contributed by atoms with van der Waals surface area (Å²) in [6.07, 6.45) is -0.121. The van der Waals surface area contributed by atoms with Crippen LogP contribution in [-0.4, -0.2) is 69.2 Å². The molecule has 0 unspecified atom stereocenters. The van der Waals surface area contributed by atoms with Gasteiger partial charge in [0.25, 0.3) is 0 Å². The standard InChI is InChI=1S/C23H27FN4O3S2/c1-17-3-2-4-20-22(17)26-23(32-20)28-14-12-27(13-15-28)11-10-25-21(29)9-16-33(30,31)19-7-5-18(24)6-8-19/h2-8H,9-16H2,1H3,(H,25,29). The molecule has 0 aliphatic carbocycles. The summed E-state index contributed by atoms with van der Waals surface area (Å²) >= 11 is 1.72. The third kappa shape index (κ3) is 5.87. The van der Waals surface area contributed by atoms with E-state index in [0.717, 1.165) is 49.0 Å². The van der Waals surface area contributed by atoms with Gasteiger partial charge in [0.05, 0.1) is 20.9 Å². The van der Waals surface area contributed by atoms with Crippen molar-refractivity contribution in [2.75, 3.05) is 49.9 Å². The Hall–Kier alpha value is -2.56. The number of anilines is 1. The van der Waals surface area contributed by atoms with Crippen molar-refractivity contribution in [2.45, 2.75) is 18.2 Å². The third-order valence-electron chi connectivity index (χ3n) is 5.77. The van der Waals surface area contributed by atoms with Crippen molar-refractivity contribution in [3.63, 3.8) is 0 Å². The van der Waals surface area contributed by atoms with Gasteiger partial charge >= 0.3 is 0 Å². The molecular formula is C23H27FN4O3S2. The SMILES string of the molecule is Cc1cccc2sc(N3CCN(CCNC(=O)CCS(=O)(=O)c4ccc(F)cc4)CC3)nc12. The van der Waals surface area contributed by atoms with E-state index in [1.54, 1.807) is 11.3 Å². The van der Waals surface area contributed by atoms with Crippen LogP contribution in [0, 0.1) is 12.7 Å². The highest BCUT2D eigenvalue weighted by molar-refractivity contribution is 7.91. The van der Waals surface area contributed by atoms with Gasteiger partial charge in [-0.1, -0.05) is 23.5 Å². The minimum atomic E-state index is -3.61. The number of nitrogens with one attached hydrogen (secondary N) is 1. The lowest BCUT2D eigenvalue weighted by molar-refractivity contribution is -0.120. The first-order chi connectivity index (χ1) is 15.8. The van der Waals surface area contributed by atoms with Gasteiger partial charge < -0.3 is 10.2 Å². The van der Waals surface area contributed by atoms with E-state index in [9.17, 15) is 17.6 Å². The van der Waals surface area contributed by atoms with Gasteiger partial charge in [-0.25, -0.2) is 17.8 Å². The van der Waals surface area contributed by atoms with Crippen LogP contribution in [0.3, 0.4) is 0 Å². The highest BCUT2D eigenvalue weighted by Gasteiger charge is 2.20. The van der Waals surface area contributed by atoms with E-state index in [4.69, 9.17) is 4.98 Å². The highest BCUT2D eigenvalue weighted by Crippen LogP contribution is 2.30. The molecular weight excluding hydrogens is 463 g/mol. The third-order valence-corrected chi connectivity index (χ3v) is 8.59. The molecule has 7 nitrogen and oxygen atoms in total. The van der Waals surface area contributed by atoms with Crippen molar-refractivity contribution >= 4 is 42.4 Å². The fourth-order valence-corrected chi connectivity index (χ4v) is 6.14. The molecule has 10 heteroatoms. The van der Waals surface area contributed by atoms with Gasteiger partial charge in [-0.15, -0.1) is 0 Å². The largest absolute Gasteiger partial charge is 0.355 e. The predicted octanol–water partition coefficient (Wildman–Crippen LogP) is 2.85. The van der Waals surface area contributed by atoms with E-state index in [2.05, 4.69) is 40.2 Å². The van der Waals surface area contributed by atoms with Crippen molar-refractivity contribution < 1.29 is 17.6 Å². The van der Waals surface area contributed by atoms with Crippen LogP contribution in [0.25, 0.3) is 10.2 Å². The van der Waals surface area contributed by atoms with Gasteiger partial charge in [-0.2, -0.15) is 0 Å². The summed E-state index contributed by atoms with van der Waals surface area (Å²) in [6, 6.07) is 10.9. The zero-order chi connectivity index (χ0) is 23.4. The zero-order valence-electron chi connectivity index (χ0n) is 18.5. The molecule has 33 heavy (non-hydrogen) atoms. The average molecular weight is 491 g/mol. The number of piperazine rings is 1. The van der Waals surface area contributed by atoms with Crippen LogP contribution in [0.15, 0.2) is 47.4 Å². The number of nitrogens with zero attached hydrogens (tertiary/aromatic N) is 3. The number of rotatable bonds is 8. The monoisotopic (exact) mass is 490 g/mol. The Kier molecular flexibility index (Phi) is 7.26. The minimum Gasteiger partial charge on any atom is -0.355 e. The fourth-order valence-electron chi connectivity index (χ4n) is 3.80. The molecule has 1 saturated heterocycles. The van der Waals surface area contributed by atoms with Gasteiger partial charge in [0.1, 0.15) is 5.82 Å². The number of carbonyl (C=O) groups excluding carboxylic acids is 1. The fraction of sp³-hybridized carbons (Fsp3) is 0.391. The number of carbonyl (C=O) groups is 1. The molecule has 176 valence electrons. The first-order valence-electron chi connectivity index (χ1n) is 10.9. The lowest BCUT2D eigenvalue weighted by Gasteiger charge is -2.34. The Morgan fingerprint density at radius 3 is 2.55 bits per heavy atom. The summed E-state index contributed by atoms with van der Waals surface area (Å²) in [5, 5.41) is 3.85. The second-order valence-corrected chi connectivity index (χ2v) is 11.2. The molecule has 0 radical (unpaired) electrons. The second-order valence-electron chi connectivity index (χ2n) is 8.12. The molecule has 0 saturated carbocycles. The van der Waals surface area contributed by atoms with Crippen LogP contribution in [0.5, 0.6) is 0 Å². The number of aromatic nitrogens is 1. The molecule has 1 N–H and O–H groups in total. The van der Waals surface area contributed by atoms with Crippen LogP contribution in [0.2, 0.25) is 0 Å². The van der Waals surface area contributed by atoms with Crippen LogP contribution in [-0.2, 0) is 14.6 Å². The number of halogens is 1. The zero-order valence-corrected chi connectivity index (χ0v) is 20.1. The lowest BCUT2D eigenvalue weighted by Crippen LogP contribution is -2.48. The number of aryl methyl sites for hydroxylation is 1. The van der Waals surface area contributed by atoms with Gasteiger partial charge in [-0.05, 0) is 42.8 Å². The average Bonchev–Trinajstić information content (AvgIpc) is 3.24. The summed E-state index contributed by atoms with van der Waals surface area (Å²) in [6.45, 7) is 6.77. The van der Waals surface area contributed by atoms with Crippen molar-refractivity contribution in [1.82, 2.24) is 15.2 Å². The molecule has 0 spiro atoms. The number of thiazole rings is 1. The molecule has 0 atom stereocenters. The summed E-state index contributed by atoms with van der Waals surface area (Å²) in [5.74, 6) is -1.10. The van der Waals surface area contributed by atoms with E-state index >= 15 is 0 Å². The first kappa shape index (κ1) is 23.6. The molecule has 1 aromatic heterocycles. The molecule has 3 aromatic rings. The first-order valence-corrected chi connectivity index (χ1v) is 13.4.